The minimum absolute atomic E-state index is 0. The molecule has 4 rings (SSSR count). The van der Waals surface area contributed by atoms with Gasteiger partial charge >= 0.3 is 35.6 Å². The molecule has 1 fully saturated rings. The van der Waals surface area contributed by atoms with Crippen LogP contribution in [-0.4, -0.2) is 89.7 Å². The molecule has 14 nitrogen and oxygen atoms in total. The summed E-state index contributed by atoms with van der Waals surface area (Å²) in [6.07, 6.45) is 1.57. The van der Waals surface area contributed by atoms with E-state index in [1.54, 1.807) is 57.3 Å². The molecule has 1 unspecified atom stereocenters. The molecule has 1 saturated heterocycles. The number of carbonyl (C=O) groups excluding carboxylic acids is 5. The van der Waals surface area contributed by atoms with Crippen LogP contribution >= 0.6 is 23.5 Å². The number of likely N-dealkylation sites (N-methyl/N-ethyl adjacent to an activating group) is 1. The minimum atomic E-state index is -1.50. The number of β-lactam (4-membered cyclic amide) rings is 1. The summed E-state index contributed by atoms with van der Waals surface area (Å²) < 4.78 is 1.44. The first-order valence-corrected chi connectivity index (χ1v) is 14.4. The maximum Gasteiger partial charge on any atom is 1.00 e. The van der Waals surface area contributed by atoms with Crippen molar-refractivity contribution in [1.29, 1.82) is 0 Å². The summed E-state index contributed by atoms with van der Waals surface area (Å²) in [5.74, 6) is -2.85. The van der Waals surface area contributed by atoms with Crippen molar-refractivity contribution in [2.75, 3.05) is 18.6 Å². The van der Waals surface area contributed by atoms with Crippen LogP contribution in [-0.2, 0) is 26.2 Å². The van der Waals surface area contributed by atoms with E-state index in [2.05, 4.69) is 26.2 Å². The minimum Gasteiger partial charge on any atom is -0.543 e. The van der Waals surface area contributed by atoms with Gasteiger partial charge < -0.3 is 20.5 Å². The number of carboxylic acids is 1. The molecule has 17 heteroatoms. The fraction of sp³-hybridized carbons (Fsp3) is 0.360. The smallest absolute Gasteiger partial charge is 0.543 e. The number of aromatic nitrogens is 4. The average molecular weight is 623 g/mol. The molecule has 0 radical (unpaired) electrons. The van der Waals surface area contributed by atoms with Crippen molar-refractivity contribution in [3.63, 3.8) is 0 Å². The normalized spacial score (nSPS) is 18.7. The molecule has 3 atom stereocenters. The third-order valence-corrected chi connectivity index (χ3v) is 8.97. The summed E-state index contributed by atoms with van der Waals surface area (Å²) in [5.41, 5.74) is 1.01. The number of imide groups is 1. The van der Waals surface area contributed by atoms with Crippen LogP contribution in [0.15, 0.2) is 58.4 Å². The molecule has 0 aliphatic carbocycles. The number of benzene rings is 1. The van der Waals surface area contributed by atoms with Crippen LogP contribution in [0.4, 0.5) is 4.79 Å². The van der Waals surface area contributed by atoms with Crippen LogP contribution < -0.4 is 45.3 Å². The van der Waals surface area contributed by atoms with Gasteiger partial charge in [-0.05, 0) is 35.4 Å². The van der Waals surface area contributed by atoms with Crippen LogP contribution in [0.1, 0.15) is 25.5 Å². The zero-order chi connectivity index (χ0) is 29.8. The van der Waals surface area contributed by atoms with Crippen LogP contribution in [0.3, 0.4) is 0 Å². The van der Waals surface area contributed by atoms with Gasteiger partial charge in [-0.15, -0.1) is 16.9 Å². The molecule has 216 valence electrons. The molecular formula is C25H27N8NaO6S2. The molecule has 2 N–H and O–H groups in total. The number of thioether (sulfide) groups is 2. The van der Waals surface area contributed by atoms with E-state index in [1.165, 1.54) is 35.3 Å². The van der Waals surface area contributed by atoms with Gasteiger partial charge in [0.15, 0.2) is 0 Å². The predicted octanol–water partition coefficient (Wildman–Crippen LogP) is -3.41. The molecule has 0 saturated carbocycles. The molecule has 2 aliphatic rings. The van der Waals surface area contributed by atoms with Gasteiger partial charge in [-0.1, -0.05) is 48.2 Å². The topological polar surface area (TPSA) is 183 Å². The van der Waals surface area contributed by atoms with Gasteiger partial charge in [0, 0.05) is 31.2 Å². The van der Waals surface area contributed by atoms with Crippen molar-refractivity contribution in [3.8, 4) is 0 Å². The Hall–Kier alpha value is -3.18. The standard InChI is InChI=1S/C25H28N8O6S2.Na/c1-5-13(2)20(35)31(3)24(39)27-16(14-9-7-6-8-10-14)19(34)26-17-21(36)33-18(23(37)38)15(11-40-22(17)33)12-41-25-28-29-30-32(25)4;/h5-10,16-17,22H,11-12H2,1-4H3,(H,26,34)(H,27,39)(H,37,38);/q;+1/p-1/b13-5+;/t16-,17?,22-;/m1./s1. The number of nitrogens with one attached hydrogen (secondary N) is 2. The van der Waals surface area contributed by atoms with Crippen LogP contribution in [0.5, 0.6) is 0 Å². The number of urea groups is 1. The second kappa shape index (κ2) is 14.3. The number of carboxylic acid groups (broad SMARTS) is 1. The zero-order valence-corrected chi connectivity index (χ0v) is 27.2. The first kappa shape index (κ1) is 33.3. The molecule has 3 heterocycles. The molecule has 2 aliphatic heterocycles. The summed E-state index contributed by atoms with van der Waals surface area (Å²) in [6, 6.07) is 5.28. The van der Waals surface area contributed by atoms with E-state index in [4.69, 9.17) is 0 Å². The van der Waals surface area contributed by atoms with Gasteiger partial charge in [0.05, 0.1) is 11.7 Å². The Balaban J connectivity index is 0.00000484. The Morgan fingerprint density at radius 3 is 2.55 bits per heavy atom. The fourth-order valence-corrected chi connectivity index (χ4v) is 6.50. The Morgan fingerprint density at radius 1 is 1.26 bits per heavy atom. The molecule has 0 spiro atoms. The molecular weight excluding hydrogens is 595 g/mol. The number of amides is 5. The maximum absolute atomic E-state index is 13.4. The van der Waals surface area contributed by atoms with Crippen LogP contribution in [0.25, 0.3) is 0 Å². The summed E-state index contributed by atoms with van der Waals surface area (Å²) in [6.45, 7) is 3.23. The molecule has 1 aromatic heterocycles. The number of carbonyl (C=O) groups is 5. The molecule has 5 amide bonds. The van der Waals surface area contributed by atoms with Crippen molar-refractivity contribution in [1.82, 2.24) is 40.6 Å². The SMILES string of the molecule is C/C=C(\C)C(=O)N(C)C(=O)N[C@@H](C(=O)NC1C(=O)N2C(C(=O)[O-])=C(CSc3nnnn3C)CS[C@H]12)c1ccccc1.[Na+]. The Bertz CT molecular complexity index is 1450. The second-order valence-electron chi connectivity index (χ2n) is 9.14. The van der Waals surface area contributed by atoms with E-state index in [0.717, 1.165) is 9.80 Å². The number of rotatable bonds is 9. The van der Waals surface area contributed by atoms with Gasteiger partial charge in [-0.3, -0.25) is 24.2 Å². The van der Waals surface area contributed by atoms with Gasteiger partial charge in [-0.2, -0.15) is 0 Å². The third kappa shape index (κ3) is 6.89. The summed E-state index contributed by atoms with van der Waals surface area (Å²) in [7, 11) is 2.94. The average Bonchev–Trinajstić information content (AvgIpc) is 3.39. The van der Waals surface area contributed by atoms with Crippen molar-refractivity contribution in [2.24, 2.45) is 7.05 Å². The van der Waals surface area contributed by atoms with Gasteiger partial charge in [0.25, 0.3) is 11.8 Å². The quantitative estimate of drug-likeness (QED) is 0.123. The fourth-order valence-electron chi connectivity index (χ4n) is 4.16. The second-order valence-corrected chi connectivity index (χ2v) is 11.2. The number of hydrogen-bond acceptors (Lipinski definition) is 11. The van der Waals surface area contributed by atoms with Gasteiger partial charge in [0.1, 0.15) is 17.5 Å². The summed E-state index contributed by atoms with van der Waals surface area (Å²) >= 11 is 2.52. The van der Waals surface area contributed by atoms with Gasteiger partial charge in [0.2, 0.25) is 11.1 Å². The summed E-state index contributed by atoms with van der Waals surface area (Å²) in [4.78, 5) is 66.0. The molecule has 2 aromatic rings. The monoisotopic (exact) mass is 622 g/mol. The number of aliphatic carboxylic acids is 1. The van der Waals surface area contributed by atoms with Gasteiger partial charge in [-0.25, -0.2) is 9.48 Å². The van der Waals surface area contributed by atoms with Crippen molar-refractivity contribution in [2.45, 2.75) is 36.5 Å². The number of fused-ring (bicyclic) bond motifs is 1. The Kier molecular flexibility index (Phi) is 11.4. The zero-order valence-electron chi connectivity index (χ0n) is 23.6. The predicted molar refractivity (Wildman–Crippen MR) is 146 cm³/mol. The molecule has 42 heavy (non-hydrogen) atoms. The number of aryl methyl sites for hydroxylation is 1. The van der Waals surface area contributed by atoms with E-state index in [1.807, 2.05) is 0 Å². The van der Waals surface area contributed by atoms with E-state index < -0.39 is 47.2 Å². The third-order valence-electron chi connectivity index (χ3n) is 6.54. The summed E-state index contributed by atoms with van der Waals surface area (Å²) in [5, 5.41) is 28.2. The number of hydrogen-bond donors (Lipinski definition) is 2. The van der Waals surface area contributed by atoms with Crippen molar-refractivity contribution in [3.05, 3.63) is 58.8 Å². The van der Waals surface area contributed by atoms with E-state index in [-0.39, 0.29) is 46.8 Å². The maximum atomic E-state index is 13.4. The first-order chi connectivity index (χ1) is 19.5. The van der Waals surface area contributed by atoms with E-state index in [0.29, 0.717) is 21.9 Å². The van der Waals surface area contributed by atoms with E-state index in [9.17, 15) is 29.1 Å². The first-order valence-electron chi connectivity index (χ1n) is 12.3. The Morgan fingerprint density at radius 2 is 1.95 bits per heavy atom. The molecule has 0 bridgehead atoms. The van der Waals surface area contributed by atoms with Crippen molar-refractivity contribution >= 4 is 53.2 Å². The Labute approximate surface area is 272 Å². The number of tetrazole rings is 1. The van der Waals surface area contributed by atoms with Crippen LogP contribution in [0, 0.1) is 0 Å². The largest absolute Gasteiger partial charge is 1.00 e. The number of nitrogens with zero attached hydrogens (tertiary/aromatic N) is 6. The van der Waals surface area contributed by atoms with E-state index >= 15 is 0 Å². The number of allylic oxidation sites excluding steroid dienone is 1. The van der Waals surface area contributed by atoms with Crippen molar-refractivity contribution < 1.29 is 58.6 Å². The van der Waals surface area contributed by atoms with Crippen LogP contribution in [0.2, 0.25) is 0 Å². The molecule has 1 aromatic carbocycles.